The van der Waals surface area contributed by atoms with Gasteiger partial charge in [-0.2, -0.15) is 0 Å². The van der Waals surface area contributed by atoms with Crippen LogP contribution in [0.4, 0.5) is 0 Å². The number of benzene rings is 1. The quantitative estimate of drug-likeness (QED) is 0.652. The zero-order chi connectivity index (χ0) is 14.8. The van der Waals surface area contributed by atoms with E-state index in [1.54, 1.807) is 0 Å². The molecule has 1 aromatic carbocycles. The largest absolute Gasteiger partial charge is 0.310 e. The molecule has 0 saturated heterocycles. The lowest BCUT2D eigenvalue weighted by Crippen LogP contribution is -2.25. The first-order chi connectivity index (χ1) is 9.76. The zero-order valence-corrected chi connectivity index (χ0v) is 14.3. The van der Waals surface area contributed by atoms with E-state index in [-0.39, 0.29) is 0 Å². The molecule has 0 aromatic heterocycles. The molecule has 0 saturated carbocycles. The molecule has 0 aliphatic heterocycles. The molecule has 0 spiro atoms. The molecular weight excluding hydrogens is 264 g/mol. The van der Waals surface area contributed by atoms with Crippen LogP contribution in [0.15, 0.2) is 29.2 Å². The Morgan fingerprint density at radius 1 is 1.10 bits per heavy atom. The fourth-order valence-electron chi connectivity index (χ4n) is 2.44. The maximum Gasteiger partial charge on any atom is 0.0328 e. The summed E-state index contributed by atoms with van der Waals surface area (Å²) in [5.41, 5.74) is 1.46. The van der Waals surface area contributed by atoms with Crippen LogP contribution in [-0.2, 0) is 0 Å². The Labute approximate surface area is 129 Å². The normalized spacial score (nSPS) is 12.8. The third-order valence-corrected chi connectivity index (χ3v) is 4.78. The van der Waals surface area contributed by atoms with Crippen molar-refractivity contribution in [1.82, 2.24) is 10.2 Å². The Bertz CT molecular complexity index is 364. The number of rotatable bonds is 10. The van der Waals surface area contributed by atoms with Gasteiger partial charge in [0, 0.05) is 23.2 Å². The standard InChI is InChI=1S/C17H30N2S/c1-5-16(18-6-2)15-11-9-10-12-17(15)20-14-13-19(7-3)8-4/h9-12,16,18H,5-8,13-14H2,1-4H3. The van der Waals surface area contributed by atoms with Gasteiger partial charge in [0.25, 0.3) is 0 Å². The molecule has 0 heterocycles. The monoisotopic (exact) mass is 294 g/mol. The van der Waals surface area contributed by atoms with E-state index >= 15 is 0 Å². The van der Waals surface area contributed by atoms with Gasteiger partial charge in [0.1, 0.15) is 0 Å². The molecule has 114 valence electrons. The van der Waals surface area contributed by atoms with Crippen molar-refractivity contribution in [2.75, 3.05) is 31.9 Å². The molecule has 0 aliphatic carbocycles. The highest BCUT2D eigenvalue weighted by atomic mass is 32.2. The maximum absolute atomic E-state index is 3.59. The van der Waals surface area contributed by atoms with E-state index in [1.165, 1.54) is 22.8 Å². The van der Waals surface area contributed by atoms with Crippen LogP contribution in [0.3, 0.4) is 0 Å². The molecule has 2 nitrogen and oxygen atoms in total. The molecule has 20 heavy (non-hydrogen) atoms. The lowest BCUT2D eigenvalue weighted by atomic mass is 10.0. The summed E-state index contributed by atoms with van der Waals surface area (Å²) in [4.78, 5) is 3.92. The van der Waals surface area contributed by atoms with Crippen molar-refractivity contribution in [3.63, 3.8) is 0 Å². The van der Waals surface area contributed by atoms with Crippen LogP contribution in [0.5, 0.6) is 0 Å². The summed E-state index contributed by atoms with van der Waals surface area (Å²) in [6, 6.07) is 9.34. The van der Waals surface area contributed by atoms with Crippen LogP contribution >= 0.6 is 11.8 Å². The second kappa shape index (κ2) is 10.3. The third kappa shape index (κ3) is 5.47. The molecule has 1 rings (SSSR count). The summed E-state index contributed by atoms with van der Waals surface area (Å²) in [6.07, 6.45) is 1.14. The van der Waals surface area contributed by atoms with Crippen molar-refractivity contribution in [3.8, 4) is 0 Å². The Morgan fingerprint density at radius 2 is 1.80 bits per heavy atom. The number of hydrogen-bond acceptors (Lipinski definition) is 3. The number of nitrogens with zero attached hydrogens (tertiary/aromatic N) is 1. The molecule has 0 bridgehead atoms. The Morgan fingerprint density at radius 3 is 2.40 bits per heavy atom. The van der Waals surface area contributed by atoms with Crippen LogP contribution in [0, 0.1) is 0 Å². The summed E-state index contributed by atoms with van der Waals surface area (Å²) >= 11 is 1.99. The molecule has 1 unspecified atom stereocenters. The van der Waals surface area contributed by atoms with E-state index in [2.05, 4.69) is 62.2 Å². The number of nitrogens with one attached hydrogen (secondary N) is 1. The average molecular weight is 295 g/mol. The molecule has 1 aromatic rings. The molecule has 0 radical (unpaired) electrons. The van der Waals surface area contributed by atoms with Gasteiger partial charge in [0.15, 0.2) is 0 Å². The lowest BCUT2D eigenvalue weighted by molar-refractivity contribution is 0.324. The summed E-state index contributed by atoms with van der Waals surface area (Å²) in [5, 5.41) is 3.59. The van der Waals surface area contributed by atoms with E-state index < -0.39 is 0 Å². The highest BCUT2D eigenvalue weighted by molar-refractivity contribution is 7.99. The topological polar surface area (TPSA) is 15.3 Å². The first-order valence-electron chi connectivity index (χ1n) is 7.94. The summed E-state index contributed by atoms with van der Waals surface area (Å²) < 4.78 is 0. The fraction of sp³-hybridized carbons (Fsp3) is 0.647. The van der Waals surface area contributed by atoms with E-state index in [4.69, 9.17) is 0 Å². The van der Waals surface area contributed by atoms with Gasteiger partial charge in [0.2, 0.25) is 0 Å². The van der Waals surface area contributed by atoms with Crippen LogP contribution < -0.4 is 5.32 Å². The van der Waals surface area contributed by atoms with Crippen molar-refractivity contribution < 1.29 is 0 Å². The van der Waals surface area contributed by atoms with Gasteiger partial charge < -0.3 is 10.2 Å². The van der Waals surface area contributed by atoms with Gasteiger partial charge in [0.05, 0.1) is 0 Å². The first-order valence-corrected chi connectivity index (χ1v) is 8.92. The summed E-state index contributed by atoms with van der Waals surface area (Å²) in [7, 11) is 0. The zero-order valence-electron chi connectivity index (χ0n) is 13.5. The SMILES string of the molecule is CCNC(CC)c1ccccc1SCCN(CC)CC. The van der Waals surface area contributed by atoms with E-state index in [1.807, 2.05) is 11.8 Å². The van der Waals surface area contributed by atoms with Gasteiger partial charge in [-0.05, 0) is 37.7 Å². The summed E-state index contributed by atoms with van der Waals surface area (Å²) in [5.74, 6) is 1.17. The van der Waals surface area contributed by atoms with Gasteiger partial charge in [-0.25, -0.2) is 0 Å². The predicted molar refractivity (Wildman–Crippen MR) is 91.7 cm³/mol. The van der Waals surface area contributed by atoms with Crippen molar-refractivity contribution in [2.24, 2.45) is 0 Å². The molecule has 3 heteroatoms. The van der Waals surface area contributed by atoms with Gasteiger partial charge in [-0.1, -0.05) is 45.9 Å². The van der Waals surface area contributed by atoms with Gasteiger partial charge in [-0.3, -0.25) is 0 Å². The maximum atomic E-state index is 3.59. The Kier molecular flexibility index (Phi) is 8.99. The van der Waals surface area contributed by atoms with Crippen LogP contribution in [0.2, 0.25) is 0 Å². The third-order valence-electron chi connectivity index (χ3n) is 3.71. The minimum atomic E-state index is 0.483. The van der Waals surface area contributed by atoms with Gasteiger partial charge in [-0.15, -0.1) is 11.8 Å². The van der Waals surface area contributed by atoms with Crippen LogP contribution in [0.25, 0.3) is 0 Å². The van der Waals surface area contributed by atoms with Gasteiger partial charge >= 0.3 is 0 Å². The highest BCUT2D eigenvalue weighted by Crippen LogP contribution is 2.29. The van der Waals surface area contributed by atoms with Crippen molar-refractivity contribution in [3.05, 3.63) is 29.8 Å². The first kappa shape index (κ1) is 17.5. The predicted octanol–water partition coefficient (Wildman–Crippen LogP) is 4.18. The minimum absolute atomic E-state index is 0.483. The summed E-state index contributed by atoms with van der Waals surface area (Å²) in [6.45, 7) is 13.4. The lowest BCUT2D eigenvalue weighted by Gasteiger charge is -2.21. The van der Waals surface area contributed by atoms with Crippen LogP contribution in [-0.4, -0.2) is 36.8 Å². The number of hydrogen-bond donors (Lipinski definition) is 1. The molecule has 1 atom stereocenters. The molecule has 0 aliphatic rings. The smallest absolute Gasteiger partial charge is 0.0328 e. The minimum Gasteiger partial charge on any atom is -0.310 e. The average Bonchev–Trinajstić information content (AvgIpc) is 2.50. The molecule has 0 amide bonds. The fourth-order valence-corrected chi connectivity index (χ4v) is 3.57. The molecular formula is C17H30N2S. The van der Waals surface area contributed by atoms with E-state index in [9.17, 15) is 0 Å². The van der Waals surface area contributed by atoms with Crippen molar-refractivity contribution >= 4 is 11.8 Å². The van der Waals surface area contributed by atoms with Crippen molar-refractivity contribution in [2.45, 2.75) is 45.1 Å². The number of thioether (sulfide) groups is 1. The van der Waals surface area contributed by atoms with E-state index in [0.29, 0.717) is 6.04 Å². The Balaban J connectivity index is 2.65. The second-order valence-electron chi connectivity index (χ2n) is 4.93. The van der Waals surface area contributed by atoms with Crippen LogP contribution in [0.1, 0.15) is 45.7 Å². The molecule has 0 fully saturated rings. The molecule has 1 N–H and O–H groups in total. The highest BCUT2D eigenvalue weighted by Gasteiger charge is 2.12. The van der Waals surface area contributed by atoms with Crippen molar-refractivity contribution in [1.29, 1.82) is 0 Å². The Hall–Kier alpha value is -0.510. The van der Waals surface area contributed by atoms with E-state index in [0.717, 1.165) is 26.1 Å². The second-order valence-corrected chi connectivity index (χ2v) is 6.07.